The van der Waals surface area contributed by atoms with E-state index in [0.29, 0.717) is 16.8 Å². The Bertz CT molecular complexity index is 569. The number of benzene rings is 1. The zero-order chi connectivity index (χ0) is 13.7. The molecule has 98 valence electrons. The van der Waals surface area contributed by atoms with Gasteiger partial charge in [-0.3, -0.25) is 0 Å². The van der Waals surface area contributed by atoms with E-state index in [1.807, 2.05) is 37.3 Å². The molecule has 0 unspecified atom stereocenters. The zero-order valence-electron chi connectivity index (χ0n) is 10.5. The molecule has 0 saturated heterocycles. The molecule has 0 radical (unpaired) electrons. The van der Waals surface area contributed by atoms with Crippen molar-refractivity contribution in [3.63, 3.8) is 0 Å². The van der Waals surface area contributed by atoms with Crippen LogP contribution in [0.3, 0.4) is 0 Å². The number of hydrogen-bond acceptors (Lipinski definition) is 2. The third-order valence-electron chi connectivity index (χ3n) is 2.63. The van der Waals surface area contributed by atoms with E-state index in [1.54, 1.807) is 12.3 Å². The molecule has 2 rings (SSSR count). The highest BCUT2D eigenvalue weighted by atomic mass is 35.5. The smallest absolute Gasteiger partial charge is 0.171 e. The van der Waals surface area contributed by atoms with Crippen LogP contribution in [0.2, 0.25) is 5.15 Å². The van der Waals surface area contributed by atoms with Gasteiger partial charge in [-0.05, 0) is 42.4 Å². The minimum atomic E-state index is 0.490. The van der Waals surface area contributed by atoms with Crippen LogP contribution >= 0.6 is 23.8 Å². The Morgan fingerprint density at radius 3 is 2.74 bits per heavy atom. The molecule has 19 heavy (non-hydrogen) atoms. The van der Waals surface area contributed by atoms with Crippen LogP contribution in [0.15, 0.2) is 42.6 Å². The monoisotopic (exact) mass is 291 g/mol. The summed E-state index contributed by atoms with van der Waals surface area (Å²) in [6, 6.07) is 11.7. The minimum Gasteiger partial charge on any atom is -0.358 e. The lowest BCUT2D eigenvalue weighted by molar-refractivity contribution is 0.916. The Morgan fingerprint density at radius 2 is 2.05 bits per heavy atom. The van der Waals surface area contributed by atoms with Crippen molar-refractivity contribution in [3.05, 3.63) is 58.9 Å². The molecule has 0 aliphatic carbocycles. The molecule has 0 amide bonds. The predicted molar refractivity (Wildman–Crippen MR) is 83.5 cm³/mol. The lowest BCUT2D eigenvalue weighted by Gasteiger charge is -2.12. The second-order valence-electron chi connectivity index (χ2n) is 4.11. The molecule has 0 aliphatic rings. The fourth-order valence-electron chi connectivity index (χ4n) is 1.57. The number of nitrogens with one attached hydrogen (secondary N) is 2. The van der Waals surface area contributed by atoms with Gasteiger partial charge in [-0.1, -0.05) is 35.9 Å². The molecule has 1 heterocycles. The average Bonchev–Trinajstić information content (AvgIpc) is 2.41. The summed E-state index contributed by atoms with van der Waals surface area (Å²) in [6.07, 6.45) is 1.73. The molecule has 0 bridgehead atoms. The zero-order valence-corrected chi connectivity index (χ0v) is 12.1. The first-order valence-corrected chi connectivity index (χ1v) is 6.64. The van der Waals surface area contributed by atoms with E-state index in [4.69, 9.17) is 23.8 Å². The highest BCUT2D eigenvalue weighted by Gasteiger charge is 2.00. The molecule has 5 heteroatoms. The largest absolute Gasteiger partial charge is 0.358 e. The molecule has 1 aromatic heterocycles. The standard InChI is InChI=1S/C14H14ClN3S/c1-10-4-2-3-5-12(10)18-14(19)17-9-11-6-7-13(15)16-8-11/h2-8H,9H2,1H3,(H2,17,18,19). The first-order chi connectivity index (χ1) is 9.15. The topological polar surface area (TPSA) is 37.0 Å². The van der Waals surface area contributed by atoms with Gasteiger partial charge < -0.3 is 10.6 Å². The summed E-state index contributed by atoms with van der Waals surface area (Å²) in [4.78, 5) is 4.02. The maximum absolute atomic E-state index is 5.73. The maximum Gasteiger partial charge on any atom is 0.171 e. The summed E-state index contributed by atoms with van der Waals surface area (Å²) < 4.78 is 0. The molecule has 0 fully saturated rings. The van der Waals surface area contributed by atoms with Crippen LogP contribution in [0.1, 0.15) is 11.1 Å². The molecule has 0 spiro atoms. The van der Waals surface area contributed by atoms with Crippen LogP contribution in [-0.2, 0) is 6.54 Å². The van der Waals surface area contributed by atoms with Crippen LogP contribution in [-0.4, -0.2) is 10.1 Å². The first-order valence-electron chi connectivity index (χ1n) is 5.86. The van der Waals surface area contributed by atoms with Gasteiger partial charge in [-0.15, -0.1) is 0 Å². The normalized spacial score (nSPS) is 10.0. The number of halogens is 1. The third-order valence-corrected chi connectivity index (χ3v) is 3.10. The second-order valence-corrected chi connectivity index (χ2v) is 4.91. The number of para-hydroxylation sites is 1. The van der Waals surface area contributed by atoms with Crippen LogP contribution in [0, 0.1) is 6.92 Å². The summed E-state index contributed by atoms with van der Waals surface area (Å²) in [5.74, 6) is 0. The lowest BCUT2D eigenvalue weighted by atomic mass is 10.2. The van der Waals surface area contributed by atoms with Gasteiger partial charge in [0.15, 0.2) is 5.11 Å². The highest BCUT2D eigenvalue weighted by molar-refractivity contribution is 7.80. The van der Waals surface area contributed by atoms with Gasteiger partial charge in [0.25, 0.3) is 0 Å². The van der Waals surface area contributed by atoms with Crippen LogP contribution in [0.4, 0.5) is 5.69 Å². The summed E-state index contributed by atoms with van der Waals surface area (Å²) in [5, 5.41) is 7.37. The second kappa shape index (κ2) is 6.50. The van der Waals surface area contributed by atoms with Gasteiger partial charge in [-0.2, -0.15) is 0 Å². The number of thiocarbonyl (C=S) groups is 1. The van der Waals surface area contributed by atoms with Crippen molar-refractivity contribution in [2.75, 3.05) is 5.32 Å². The van der Waals surface area contributed by atoms with Crippen molar-refractivity contribution in [1.29, 1.82) is 0 Å². The molecule has 2 N–H and O–H groups in total. The predicted octanol–water partition coefficient (Wildman–Crippen LogP) is 3.53. The third kappa shape index (κ3) is 4.19. The number of aromatic nitrogens is 1. The van der Waals surface area contributed by atoms with Crippen molar-refractivity contribution in [1.82, 2.24) is 10.3 Å². The Kier molecular flexibility index (Phi) is 4.71. The molecule has 1 aromatic carbocycles. The van der Waals surface area contributed by atoms with Crippen molar-refractivity contribution >= 4 is 34.6 Å². The number of nitrogens with zero attached hydrogens (tertiary/aromatic N) is 1. The molecular weight excluding hydrogens is 278 g/mol. The fraction of sp³-hybridized carbons (Fsp3) is 0.143. The molecule has 0 saturated carbocycles. The van der Waals surface area contributed by atoms with Crippen LogP contribution < -0.4 is 10.6 Å². The molecule has 3 nitrogen and oxygen atoms in total. The van der Waals surface area contributed by atoms with Gasteiger partial charge in [0.2, 0.25) is 0 Å². The van der Waals surface area contributed by atoms with Gasteiger partial charge in [-0.25, -0.2) is 4.98 Å². The van der Waals surface area contributed by atoms with E-state index in [1.165, 1.54) is 0 Å². The van der Waals surface area contributed by atoms with Crippen molar-refractivity contribution < 1.29 is 0 Å². The van der Waals surface area contributed by atoms with E-state index in [-0.39, 0.29) is 0 Å². The van der Waals surface area contributed by atoms with Gasteiger partial charge in [0.05, 0.1) is 0 Å². The van der Waals surface area contributed by atoms with Gasteiger partial charge in [0, 0.05) is 18.4 Å². The van der Waals surface area contributed by atoms with E-state index in [9.17, 15) is 0 Å². The maximum atomic E-state index is 5.73. The van der Waals surface area contributed by atoms with Crippen molar-refractivity contribution in [2.24, 2.45) is 0 Å². The summed E-state index contributed by atoms with van der Waals surface area (Å²) in [7, 11) is 0. The SMILES string of the molecule is Cc1ccccc1NC(=S)NCc1ccc(Cl)nc1. The van der Waals surface area contributed by atoms with Gasteiger partial charge >= 0.3 is 0 Å². The Morgan fingerprint density at radius 1 is 1.26 bits per heavy atom. The summed E-state index contributed by atoms with van der Waals surface area (Å²) in [5.41, 5.74) is 3.19. The number of hydrogen-bond donors (Lipinski definition) is 2. The first kappa shape index (κ1) is 13.8. The molecule has 0 atom stereocenters. The minimum absolute atomic E-state index is 0.490. The van der Waals surface area contributed by atoms with Crippen molar-refractivity contribution in [2.45, 2.75) is 13.5 Å². The summed E-state index contributed by atoms with van der Waals surface area (Å²) in [6.45, 7) is 2.65. The quantitative estimate of drug-likeness (QED) is 0.670. The number of aryl methyl sites for hydroxylation is 1. The fourth-order valence-corrected chi connectivity index (χ4v) is 1.87. The Labute approximate surface area is 123 Å². The van der Waals surface area contributed by atoms with E-state index in [0.717, 1.165) is 16.8 Å². The van der Waals surface area contributed by atoms with E-state index < -0.39 is 0 Å². The number of anilines is 1. The van der Waals surface area contributed by atoms with E-state index in [2.05, 4.69) is 15.6 Å². The molecular formula is C14H14ClN3S. The highest BCUT2D eigenvalue weighted by Crippen LogP contribution is 2.12. The average molecular weight is 292 g/mol. The molecule has 0 aliphatic heterocycles. The van der Waals surface area contributed by atoms with Gasteiger partial charge in [0.1, 0.15) is 5.15 Å². The Hall–Kier alpha value is -1.65. The number of rotatable bonds is 3. The van der Waals surface area contributed by atoms with E-state index >= 15 is 0 Å². The molecule has 2 aromatic rings. The Balaban J connectivity index is 1.88. The summed E-state index contributed by atoms with van der Waals surface area (Å²) >= 11 is 11.0. The van der Waals surface area contributed by atoms with Crippen LogP contribution in [0.5, 0.6) is 0 Å². The lowest BCUT2D eigenvalue weighted by Crippen LogP contribution is -2.28. The van der Waals surface area contributed by atoms with Crippen molar-refractivity contribution in [3.8, 4) is 0 Å². The number of pyridine rings is 1. The van der Waals surface area contributed by atoms with Crippen LogP contribution in [0.25, 0.3) is 0 Å².